The summed E-state index contributed by atoms with van der Waals surface area (Å²) in [7, 11) is 0. The van der Waals surface area contributed by atoms with Gasteiger partial charge in [0, 0.05) is 25.5 Å². The van der Waals surface area contributed by atoms with E-state index in [-0.39, 0.29) is 11.9 Å². The molecule has 1 unspecified atom stereocenters. The Bertz CT molecular complexity index is 354. The van der Waals surface area contributed by atoms with Gasteiger partial charge in [-0.3, -0.25) is 4.79 Å². The Morgan fingerprint density at radius 1 is 1.62 bits per heavy atom. The number of imidazole rings is 1. The highest BCUT2D eigenvalue weighted by Gasteiger charge is 2.23. The number of carbonyl (C=O) groups excluding carboxylic acids is 1. The number of ketones is 1. The molecule has 1 atom stereocenters. The molecule has 0 bridgehead atoms. The third-order valence-corrected chi connectivity index (χ3v) is 3.01. The van der Waals surface area contributed by atoms with Gasteiger partial charge in [-0.05, 0) is 26.2 Å². The van der Waals surface area contributed by atoms with Crippen LogP contribution in [0.25, 0.3) is 0 Å². The summed E-state index contributed by atoms with van der Waals surface area (Å²) in [6.07, 6.45) is 6.89. The molecule has 0 aliphatic carbocycles. The number of hydrogen-bond acceptors (Lipinski definition) is 3. The first kappa shape index (κ1) is 11.3. The van der Waals surface area contributed by atoms with Crippen molar-refractivity contribution < 1.29 is 9.53 Å². The number of hydrogen-bond donors (Lipinski definition) is 0. The van der Waals surface area contributed by atoms with Gasteiger partial charge in [0.15, 0.2) is 5.78 Å². The number of aromatic nitrogens is 2. The van der Waals surface area contributed by atoms with E-state index in [1.165, 1.54) is 0 Å². The molecule has 4 nitrogen and oxygen atoms in total. The van der Waals surface area contributed by atoms with Crippen molar-refractivity contribution in [2.24, 2.45) is 0 Å². The first-order chi connectivity index (χ1) is 7.81. The molecule has 0 radical (unpaired) electrons. The Kier molecular flexibility index (Phi) is 3.72. The van der Waals surface area contributed by atoms with Gasteiger partial charge in [-0.1, -0.05) is 0 Å². The lowest BCUT2D eigenvalue weighted by molar-refractivity contribution is -0.132. The Balaban J connectivity index is 1.95. The van der Waals surface area contributed by atoms with E-state index in [0.717, 1.165) is 38.2 Å². The van der Waals surface area contributed by atoms with Gasteiger partial charge in [0.2, 0.25) is 0 Å². The van der Waals surface area contributed by atoms with Crippen LogP contribution in [0.3, 0.4) is 0 Å². The number of aryl methyl sites for hydroxylation is 1. The first-order valence-corrected chi connectivity index (χ1v) is 5.95. The SMILES string of the molecule is CCn1ccnc1CC(=O)C1CCCCO1. The van der Waals surface area contributed by atoms with Gasteiger partial charge in [0.25, 0.3) is 0 Å². The number of nitrogens with zero attached hydrogens (tertiary/aromatic N) is 2. The molecular formula is C12H18N2O2. The third kappa shape index (κ3) is 2.50. The minimum absolute atomic E-state index is 0.167. The van der Waals surface area contributed by atoms with Crippen LogP contribution in [-0.2, 0) is 22.5 Å². The second-order valence-corrected chi connectivity index (χ2v) is 4.13. The Morgan fingerprint density at radius 3 is 3.19 bits per heavy atom. The maximum absolute atomic E-state index is 12.0. The lowest BCUT2D eigenvalue weighted by atomic mass is 10.0. The first-order valence-electron chi connectivity index (χ1n) is 5.95. The van der Waals surface area contributed by atoms with Gasteiger partial charge in [-0.2, -0.15) is 0 Å². The van der Waals surface area contributed by atoms with Gasteiger partial charge in [-0.15, -0.1) is 0 Å². The highest BCUT2D eigenvalue weighted by molar-refractivity contribution is 5.84. The average Bonchev–Trinajstić information content (AvgIpc) is 2.77. The summed E-state index contributed by atoms with van der Waals surface area (Å²) in [4.78, 5) is 16.2. The van der Waals surface area contributed by atoms with Gasteiger partial charge < -0.3 is 9.30 Å². The minimum atomic E-state index is -0.198. The summed E-state index contributed by atoms with van der Waals surface area (Å²) < 4.78 is 7.48. The largest absolute Gasteiger partial charge is 0.370 e. The van der Waals surface area contributed by atoms with E-state index in [1.54, 1.807) is 6.20 Å². The Morgan fingerprint density at radius 2 is 2.50 bits per heavy atom. The van der Waals surface area contributed by atoms with Crippen molar-refractivity contribution in [1.82, 2.24) is 9.55 Å². The van der Waals surface area contributed by atoms with Crippen LogP contribution in [0, 0.1) is 0 Å². The normalized spacial score (nSPS) is 20.9. The van der Waals surface area contributed by atoms with Crippen LogP contribution in [0.1, 0.15) is 32.0 Å². The number of Topliss-reactive ketones (excluding diaryl/α,β-unsaturated/α-hetero) is 1. The monoisotopic (exact) mass is 222 g/mol. The van der Waals surface area contributed by atoms with Gasteiger partial charge in [0.05, 0.1) is 6.42 Å². The predicted molar refractivity (Wildman–Crippen MR) is 60.2 cm³/mol. The smallest absolute Gasteiger partial charge is 0.169 e. The van der Waals surface area contributed by atoms with Crippen molar-refractivity contribution >= 4 is 5.78 Å². The number of ether oxygens (including phenoxy) is 1. The zero-order valence-electron chi connectivity index (χ0n) is 9.69. The zero-order chi connectivity index (χ0) is 11.4. The molecule has 0 spiro atoms. The van der Waals surface area contributed by atoms with Crippen LogP contribution in [0.2, 0.25) is 0 Å². The molecule has 1 aromatic rings. The fourth-order valence-corrected chi connectivity index (χ4v) is 2.06. The van der Waals surface area contributed by atoms with E-state index < -0.39 is 0 Å². The highest BCUT2D eigenvalue weighted by Crippen LogP contribution is 2.15. The molecule has 2 rings (SSSR count). The molecule has 1 saturated heterocycles. The van der Waals surface area contributed by atoms with Crippen molar-refractivity contribution in [2.45, 2.75) is 45.3 Å². The molecule has 1 aliphatic heterocycles. The van der Waals surface area contributed by atoms with Crippen LogP contribution in [-0.4, -0.2) is 28.0 Å². The summed E-state index contributed by atoms with van der Waals surface area (Å²) >= 11 is 0. The van der Waals surface area contributed by atoms with Crippen molar-refractivity contribution in [1.29, 1.82) is 0 Å². The summed E-state index contributed by atoms with van der Waals surface area (Å²) in [6.45, 7) is 3.62. The number of carbonyl (C=O) groups is 1. The zero-order valence-corrected chi connectivity index (χ0v) is 9.69. The second-order valence-electron chi connectivity index (χ2n) is 4.13. The quantitative estimate of drug-likeness (QED) is 0.777. The van der Waals surface area contributed by atoms with E-state index in [0.29, 0.717) is 6.42 Å². The van der Waals surface area contributed by atoms with Gasteiger partial charge >= 0.3 is 0 Å². The molecule has 1 fully saturated rings. The fraction of sp³-hybridized carbons (Fsp3) is 0.667. The van der Waals surface area contributed by atoms with Crippen molar-refractivity contribution in [2.75, 3.05) is 6.61 Å². The maximum Gasteiger partial charge on any atom is 0.169 e. The van der Waals surface area contributed by atoms with E-state index in [1.807, 2.05) is 17.7 Å². The van der Waals surface area contributed by atoms with Gasteiger partial charge in [0.1, 0.15) is 11.9 Å². The standard InChI is InChI=1S/C12H18N2O2/c1-2-14-7-6-13-12(14)9-10(15)11-5-3-4-8-16-11/h6-7,11H,2-5,8-9H2,1H3. The molecule has 2 heterocycles. The Labute approximate surface area is 95.6 Å². The molecule has 88 valence electrons. The minimum Gasteiger partial charge on any atom is -0.370 e. The van der Waals surface area contributed by atoms with Crippen LogP contribution in [0.4, 0.5) is 0 Å². The molecule has 0 aromatic carbocycles. The van der Waals surface area contributed by atoms with Crippen molar-refractivity contribution in [3.8, 4) is 0 Å². The number of rotatable bonds is 4. The molecular weight excluding hydrogens is 204 g/mol. The van der Waals surface area contributed by atoms with Crippen LogP contribution in [0.15, 0.2) is 12.4 Å². The molecule has 0 saturated carbocycles. The molecule has 1 aromatic heterocycles. The topological polar surface area (TPSA) is 44.1 Å². The third-order valence-electron chi connectivity index (χ3n) is 3.01. The van der Waals surface area contributed by atoms with E-state index in [9.17, 15) is 4.79 Å². The fourth-order valence-electron chi connectivity index (χ4n) is 2.06. The highest BCUT2D eigenvalue weighted by atomic mass is 16.5. The molecule has 0 N–H and O–H groups in total. The second kappa shape index (κ2) is 5.25. The van der Waals surface area contributed by atoms with E-state index in [2.05, 4.69) is 4.98 Å². The van der Waals surface area contributed by atoms with Crippen LogP contribution in [0.5, 0.6) is 0 Å². The molecule has 1 aliphatic rings. The van der Waals surface area contributed by atoms with E-state index in [4.69, 9.17) is 4.74 Å². The van der Waals surface area contributed by atoms with Crippen molar-refractivity contribution in [3.63, 3.8) is 0 Å². The molecule has 16 heavy (non-hydrogen) atoms. The summed E-state index contributed by atoms with van der Waals surface area (Å²) in [6, 6.07) is 0. The lowest BCUT2D eigenvalue weighted by Gasteiger charge is -2.21. The lowest BCUT2D eigenvalue weighted by Crippen LogP contribution is -2.30. The van der Waals surface area contributed by atoms with E-state index >= 15 is 0 Å². The average molecular weight is 222 g/mol. The van der Waals surface area contributed by atoms with Crippen LogP contribution >= 0.6 is 0 Å². The summed E-state index contributed by atoms with van der Waals surface area (Å²) in [5.41, 5.74) is 0. The molecule has 0 amide bonds. The van der Waals surface area contributed by atoms with Crippen LogP contribution < -0.4 is 0 Å². The summed E-state index contributed by atoms with van der Waals surface area (Å²) in [5.74, 6) is 1.02. The maximum atomic E-state index is 12.0. The Hall–Kier alpha value is -1.16. The summed E-state index contributed by atoms with van der Waals surface area (Å²) in [5, 5.41) is 0. The predicted octanol–water partition coefficient (Wildman–Crippen LogP) is 1.58. The van der Waals surface area contributed by atoms with Gasteiger partial charge in [-0.25, -0.2) is 4.98 Å². The van der Waals surface area contributed by atoms with Crippen molar-refractivity contribution in [3.05, 3.63) is 18.2 Å². The molecule has 4 heteroatoms.